The molecule has 0 atom stereocenters. The molecule has 0 spiro atoms. The van der Waals surface area contributed by atoms with E-state index in [1.54, 1.807) is 0 Å². The van der Waals surface area contributed by atoms with Crippen LogP contribution >= 0.6 is 0 Å². The van der Waals surface area contributed by atoms with E-state index in [0.29, 0.717) is 11.7 Å². The zero-order chi connectivity index (χ0) is 17.1. The van der Waals surface area contributed by atoms with Crippen LogP contribution in [0.3, 0.4) is 0 Å². The van der Waals surface area contributed by atoms with Gasteiger partial charge in [-0.3, -0.25) is 0 Å². The summed E-state index contributed by atoms with van der Waals surface area (Å²) in [6, 6.07) is 15.7. The molecule has 1 N–H and O–H groups in total. The van der Waals surface area contributed by atoms with E-state index >= 15 is 0 Å². The van der Waals surface area contributed by atoms with Crippen molar-refractivity contribution in [2.45, 2.75) is 33.7 Å². The Hall–Kier alpha value is -2.62. The van der Waals surface area contributed by atoms with Crippen molar-refractivity contribution in [3.63, 3.8) is 0 Å². The van der Waals surface area contributed by atoms with E-state index < -0.39 is 0 Å². The number of para-hydroxylation sites is 1. The van der Waals surface area contributed by atoms with Crippen molar-refractivity contribution in [1.82, 2.24) is 4.57 Å². The lowest BCUT2D eigenvalue weighted by Gasteiger charge is -2.09. The Morgan fingerprint density at radius 2 is 1.71 bits per heavy atom. The summed E-state index contributed by atoms with van der Waals surface area (Å²) in [6.45, 7) is 7.23. The maximum atomic E-state index is 10.6. The molecular formula is C20H23N3O. The molecule has 24 heavy (non-hydrogen) atoms. The normalized spacial score (nSPS) is 11.8. The Kier molecular flexibility index (Phi) is 4.65. The highest BCUT2D eigenvalue weighted by Crippen LogP contribution is 2.39. The SMILES string of the molecule is Cc1ccc(N=Nc2c(O)c3ccccc3n2CCC(C)C)cc1. The van der Waals surface area contributed by atoms with Crippen molar-refractivity contribution < 1.29 is 5.11 Å². The van der Waals surface area contributed by atoms with Gasteiger partial charge in [-0.2, -0.15) is 0 Å². The van der Waals surface area contributed by atoms with Crippen molar-refractivity contribution in [3.8, 4) is 5.75 Å². The van der Waals surface area contributed by atoms with Crippen LogP contribution < -0.4 is 0 Å². The first kappa shape index (κ1) is 16.2. The molecule has 0 aliphatic rings. The maximum absolute atomic E-state index is 10.6. The molecule has 0 fully saturated rings. The average Bonchev–Trinajstić information content (AvgIpc) is 2.85. The van der Waals surface area contributed by atoms with Gasteiger partial charge in [0, 0.05) is 11.9 Å². The van der Waals surface area contributed by atoms with Gasteiger partial charge in [0.2, 0.25) is 0 Å². The number of benzene rings is 2. The first-order valence-electron chi connectivity index (χ1n) is 8.35. The average molecular weight is 321 g/mol. The summed E-state index contributed by atoms with van der Waals surface area (Å²) in [6.07, 6.45) is 1.02. The Bertz CT molecular complexity index is 860. The van der Waals surface area contributed by atoms with Crippen LogP contribution in [0.25, 0.3) is 10.9 Å². The molecule has 0 saturated carbocycles. The van der Waals surface area contributed by atoms with Crippen LogP contribution in [0.15, 0.2) is 58.8 Å². The zero-order valence-corrected chi connectivity index (χ0v) is 14.4. The van der Waals surface area contributed by atoms with Gasteiger partial charge in [-0.1, -0.05) is 43.7 Å². The van der Waals surface area contributed by atoms with Gasteiger partial charge >= 0.3 is 0 Å². The summed E-state index contributed by atoms with van der Waals surface area (Å²) in [5.41, 5.74) is 2.96. The molecule has 0 radical (unpaired) electrons. The van der Waals surface area contributed by atoms with Crippen molar-refractivity contribution in [2.75, 3.05) is 0 Å². The van der Waals surface area contributed by atoms with Crippen LogP contribution in [0.1, 0.15) is 25.8 Å². The van der Waals surface area contributed by atoms with E-state index in [2.05, 4.69) is 28.6 Å². The van der Waals surface area contributed by atoms with Crippen molar-refractivity contribution >= 4 is 22.4 Å². The fourth-order valence-electron chi connectivity index (χ4n) is 2.70. The molecule has 0 aliphatic carbocycles. The van der Waals surface area contributed by atoms with Gasteiger partial charge in [-0.05, 0) is 43.5 Å². The number of nitrogens with zero attached hydrogens (tertiary/aromatic N) is 3. The first-order valence-corrected chi connectivity index (χ1v) is 8.35. The molecule has 0 aliphatic heterocycles. The number of hydrogen-bond donors (Lipinski definition) is 1. The lowest BCUT2D eigenvalue weighted by Crippen LogP contribution is -2.00. The van der Waals surface area contributed by atoms with E-state index in [1.165, 1.54) is 5.56 Å². The summed E-state index contributed by atoms with van der Waals surface area (Å²) in [4.78, 5) is 0. The quantitative estimate of drug-likeness (QED) is 0.566. The number of aryl methyl sites for hydroxylation is 2. The molecule has 0 unspecified atom stereocenters. The van der Waals surface area contributed by atoms with Gasteiger partial charge in [0.25, 0.3) is 0 Å². The lowest BCUT2D eigenvalue weighted by atomic mass is 10.1. The van der Waals surface area contributed by atoms with Gasteiger partial charge in [0.05, 0.1) is 11.2 Å². The Balaban J connectivity index is 2.03. The summed E-state index contributed by atoms with van der Waals surface area (Å²) in [5.74, 6) is 1.30. The largest absolute Gasteiger partial charge is 0.504 e. The van der Waals surface area contributed by atoms with Gasteiger partial charge in [-0.25, -0.2) is 0 Å². The molecule has 0 bridgehead atoms. The molecule has 3 rings (SSSR count). The second kappa shape index (κ2) is 6.87. The highest BCUT2D eigenvalue weighted by Gasteiger charge is 2.16. The van der Waals surface area contributed by atoms with Gasteiger partial charge in [-0.15, -0.1) is 10.2 Å². The third-order valence-electron chi connectivity index (χ3n) is 4.14. The third kappa shape index (κ3) is 3.32. The number of aromatic hydroxyl groups is 1. The third-order valence-corrected chi connectivity index (χ3v) is 4.14. The van der Waals surface area contributed by atoms with E-state index in [9.17, 15) is 5.11 Å². The molecule has 4 nitrogen and oxygen atoms in total. The van der Waals surface area contributed by atoms with E-state index in [1.807, 2.05) is 55.5 Å². The monoisotopic (exact) mass is 321 g/mol. The second-order valence-electron chi connectivity index (χ2n) is 6.56. The Morgan fingerprint density at radius 1 is 1.00 bits per heavy atom. The number of rotatable bonds is 5. The summed E-state index contributed by atoms with van der Waals surface area (Å²) in [5, 5.41) is 20.1. The van der Waals surface area contributed by atoms with E-state index in [-0.39, 0.29) is 5.75 Å². The highest BCUT2D eigenvalue weighted by atomic mass is 16.3. The van der Waals surface area contributed by atoms with Crippen LogP contribution in [-0.2, 0) is 6.54 Å². The van der Waals surface area contributed by atoms with Crippen LogP contribution in [0.5, 0.6) is 5.75 Å². The molecule has 1 aromatic heterocycles. The minimum Gasteiger partial charge on any atom is -0.504 e. The van der Waals surface area contributed by atoms with E-state index in [0.717, 1.165) is 29.6 Å². The van der Waals surface area contributed by atoms with Crippen molar-refractivity contribution in [2.24, 2.45) is 16.1 Å². The Morgan fingerprint density at radius 3 is 2.42 bits per heavy atom. The van der Waals surface area contributed by atoms with Crippen LogP contribution in [0, 0.1) is 12.8 Å². The Labute approximate surface area is 142 Å². The molecule has 0 saturated heterocycles. The fourth-order valence-corrected chi connectivity index (χ4v) is 2.70. The lowest BCUT2D eigenvalue weighted by molar-refractivity contribution is 0.475. The minimum absolute atomic E-state index is 0.199. The predicted octanol–water partition coefficient (Wildman–Crippen LogP) is 6.12. The smallest absolute Gasteiger partial charge is 0.198 e. The summed E-state index contributed by atoms with van der Waals surface area (Å²) in [7, 11) is 0. The number of aromatic nitrogens is 1. The fraction of sp³-hybridized carbons (Fsp3) is 0.300. The van der Waals surface area contributed by atoms with Crippen LogP contribution in [-0.4, -0.2) is 9.67 Å². The minimum atomic E-state index is 0.199. The summed E-state index contributed by atoms with van der Waals surface area (Å²) >= 11 is 0. The standard InChI is InChI=1S/C20H23N3O/c1-14(2)12-13-23-18-7-5-4-6-17(18)19(24)20(23)22-21-16-10-8-15(3)9-11-16/h4-11,14,24H,12-13H2,1-3H3. The predicted molar refractivity (Wildman–Crippen MR) is 98.4 cm³/mol. The number of hydrogen-bond acceptors (Lipinski definition) is 3. The van der Waals surface area contributed by atoms with Gasteiger partial charge < -0.3 is 9.67 Å². The van der Waals surface area contributed by atoms with E-state index in [4.69, 9.17) is 0 Å². The number of azo groups is 1. The molecule has 3 aromatic rings. The zero-order valence-electron chi connectivity index (χ0n) is 14.4. The van der Waals surface area contributed by atoms with Crippen LogP contribution in [0.2, 0.25) is 0 Å². The second-order valence-corrected chi connectivity index (χ2v) is 6.56. The summed E-state index contributed by atoms with van der Waals surface area (Å²) < 4.78 is 2.06. The molecular weight excluding hydrogens is 298 g/mol. The molecule has 2 aromatic carbocycles. The topological polar surface area (TPSA) is 49.9 Å². The van der Waals surface area contributed by atoms with Crippen molar-refractivity contribution in [3.05, 3.63) is 54.1 Å². The molecule has 0 amide bonds. The maximum Gasteiger partial charge on any atom is 0.198 e. The van der Waals surface area contributed by atoms with Gasteiger partial charge in [0.1, 0.15) is 0 Å². The van der Waals surface area contributed by atoms with Crippen molar-refractivity contribution in [1.29, 1.82) is 0 Å². The van der Waals surface area contributed by atoms with Gasteiger partial charge in [0.15, 0.2) is 11.6 Å². The highest BCUT2D eigenvalue weighted by molar-refractivity contribution is 5.92. The number of fused-ring (bicyclic) bond motifs is 1. The molecule has 124 valence electrons. The first-order chi connectivity index (χ1) is 11.6. The molecule has 1 heterocycles. The van der Waals surface area contributed by atoms with Crippen LogP contribution in [0.4, 0.5) is 11.5 Å². The molecule has 4 heteroatoms.